The Labute approximate surface area is 135 Å². The van der Waals surface area contributed by atoms with Crippen LogP contribution in [0.4, 0.5) is 0 Å². The lowest BCUT2D eigenvalue weighted by Crippen LogP contribution is -2.38. The molecule has 2 aromatic carbocycles. The highest BCUT2D eigenvalue weighted by molar-refractivity contribution is 6.89. The van der Waals surface area contributed by atoms with E-state index in [1.165, 1.54) is 22.3 Å². The van der Waals surface area contributed by atoms with E-state index in [1.807, 2.05) is 0 Å². The molecule has 0 N–H and O–H groups in total. The summed E-state index contributed by atoms with van der Waals surface area (Å²) in [5.74, 6) is 0.632. The molecule has 0 amide bonds. The van der Waals surface area contributed by atoms with Crippen LogP contribution in [0, 0.1) is 5.92 Å². The zero-order valence-corrected chi connectivity index (χ0v) is 15.4. The van der Waals surface area contributed by atoms with Crippen molar-refractivity contribution in [1.29, 1.82) is 0 Å². The minimum atomic E-state index is -1.35. The van der Waals surface area contributed by atoms with E-state index in [1.54, 1.807) is 10.8 Å². The van der Waals surface area contributed by atoms with Gasteiger partial charge in [-0.2, -0.15) is 0 Å². The van der Waals surface area contributed by atoms with Crippen LogP contribution in [0.15, 0.2) is 48.0 Å². The predicted octanol–water partition coefficient (Wildman–Crippen LogP) is 5.49. The number of rotatable bonds is 3. The van der Waals surface area contributed by atoms with Gasteiger partial charge in [-0.1, -0.05) is 92.8 Å². The van der Waals surface area contributed by atoms with Crippen molar-refractivity contribution in [2.75, 3.05) is 0 Å². The molecule has 114 valence electrons. The minimum absolute atomic E-state index is 0.632. The van der Waals surface area contributed by atoms with Crippen LogP contribution in [0.1, 0.15) is 25.0 Å². The third kappa shape index (κ3) is 2.70. The average molecular weight is 307 g/mol. The van der Waals surface area contributed by atoms with E-state index in [2.05, 4.69) is 82.0 Å². The van der Waals surface area contributed by atoms with Crippen molar-refractivity contribution in [3.05, 3.63) is 59.2 Å². The van der Waals surface area contributed by atoms with Crippen molar-refractivity contribution in [2.24, 2.45) is 5.92 Å². The summed E-state index contributed by atoms with van der Waals surface area (Å²) >= 11 is 0. The van der Waals surface area contributed by atoms with Crippen molar-refractivity contribution < 1.29 is 0 Å². The van der Waals surface area contributed by atoms with Gasteiger partial charge >= 0.3 is 0 Å². The summed E-state index contributed by atoms with van der Waals surface area (Å²) < 4.78 is 0. The Morgan fingerprint density at radius 2 is 1.55 bits per heavy atom. The third-order valence-corrected chi connectivity index (χ3v) is 6.74. The van der Waals surface area contributed by atoms with E-state index in [0.29, 0.717) is 5.92 Å². The highest BCUT2D eigenvalue weighted by atomic mass is 28.3. The Kier molecular flexibility index (Phi) is 3.86. The first-order valence-electron chi connectivity index (χ1n) is 8.30. The smallest absolute Gasteiger partial charge is 0.0656 e. The monoisotopic (exact) mass is 306 g/mol. The largest absolute Gasteiger partial charge is 0.0784 e. The van der Waals surface area contributed by atoms with Gasteiger partial charge in [0.25, 0.3) is 0 Å². The molecule has 0 bridgehead atoms. The van der Waals surface area contributed by atoms with Gasteiger partial charge in [0, 0.05) is 0 Å². The van der Waals surface area contributed by atoms with Crippen LogP contribution in [-0.2, 0) is 6.42 Å². The van der Waals surface area contributed by atoms with Crippen LogP contribution >= 0.6 is 0 Å². The van der Waals surface area contributed by atoms with Crippen LogP contribution < -0.4 is 5.19 Å². The molecule has 0 nitrogen and oxygen atoms in total. The molecule has 1 aliphatic carbocycles. The molecule has 1 aliphatic rings. The zero-order chi connectivity index (χ0) is 15.9. The molecule has 22 heavy (non-hydrogen) atoms. The number of benzene rings is 2. The summed E-state index contributed by atoms with van der Waals surface area (Å²) in [5, 5.41) is 1.56. The standard InChI is InChI=1S/C21H26Si/c1-15(2)17-13-16-9-8-11-18(20(16)14-17)19-10-6-7-12-21(19)22(3,4)5/h6-12,14-15H,13H2,1-5H3. The predicted molar refractivity (Wildman–Crippen MR) is 101 cm³/mol. The molecule has 0 spiro atoms. The Hall–Kier alpha value is -1.60. The summed E-state index contributed by atoms with van der Waals surface area (Å²) in [4.78, 5) is 0. The maximum Gasteiger partial charge on any atom is 0.0784 e. The first-order valence-corrected chi connectivity index (χ1v) is 11.8. The highest BCUT2D eigenvalue weighted by Crippen LogP contribution is 2.36. The normalized spacial score (nSPS) is 14.2. The minimum Gasteiger partial charge on any atom is -0.0656 e. The lowest BCUT2D eigenvalue weighted by Gasteiger charge is -2.22. The molecule has 0 aromatic heterocycles. The van der Waals surface area contributed by atoms with E-state index in [4.69, 9.17) is 0 Å². The Morgan fingerprint density at radius 3 is 2.23 bits per heavy atom. The second kappa shape index (κ2) is 5.55. The molecular formula is C21H26Si. The van der Waals surface area contributed by atoms with Crippen molar-refractivity contribution >= 4 is 19.3 Å². The topological polar surface area (TPSA) is 0 Å². The van der Waals surface area contributed by atoms with Gasteiger partial charge < -0.3 is 0 Å². The number of hydrogen-bond acceptors (Lipinski definition) is 0. The maximum atomic E-state index is 2.44. The number of fused-ring (bicyclic) bond motifs is 1. The van der Waals surface area contributed by atoms with E-state index < -0.39 is 8.07 Å². The van der Waals surface area contributed by atoms with Gasteiger partial charge in [-0.15, -0.1) is 0 Å². The SMILES string of the molecule is CC(C)C1=Cc2c(cccc2-c2ccccc2[Si](C)(C)C)C1. The number of hydrogen-bond donors (Lipinski definition) is 0. The first kappa shape index (κ1) is 15.3. The van der Waals surface area contributed by atoms with Gasteiger partial charge in [0.1, 0.15) is 0 Å². The van der Waals surface area contributed by atoms with Crippen molar-refractivity contribution in [3.8, 4) is 11.1 Å². The van der Waals surface area contributed by atoms with Gasteiger partial charge in [-0.05, 0) is 34.6 Å². The molecule has 0 atom stereocenters. The second-order valence-corrected chi connectivity index (χ2v) is 12.8. The Morgan fingerprint density at radius 1 is 0.864 bits per heavy atom. The van der Waals surface area contributed by atoms with Gasteiger partial charge in [0.2, 0.25) is 0 Å². The molecule has 0 aliphatic heterocycles. The lowest BCUT2D eigenvalue weighted by atomic mass is 9.97. The molecule has 0 fully saturated rings. The quantitative estimate of drug-likeness (QED) is 0.657. The van der Waals surface area contributed by atoms with Crippen LogP contribution in [-0.4, -0.2) is 8.07 Å². The van der Waals surface area contributed by atoms with E-state index in [0.717, 1.165) is 6.42 Å². The third-order valence-electron chi connectivity index (χ3n) is 4.69. The second-order valence-electron chi connectivity index (χ2n) is 7.72. The number of allylic oxidation sites excluding steroid dienone is 1. The van der Waals surface area contributed by atoms with E-state index in [9.17, 15) is 0 Å². The van der Waals surface area contributed by atoms with Crippen molar-refractivity contribution in [3.63, 3.8) is 0 Å². The lowest BCUT2D eigenvalue weighted by molar-refractivity contribution is 0.754. The fraction of sp³-hybridized carbons (Fsp3) is 0.333. The summed E-state index contributed by atoms with van der Waals surface area (Å²) in [5.41, 5.74) is 7.38. The molecule has 2 aromatic rings. The van der Waals surface area contributed by atoms with Gasteiger partial charge in [-0.3, -0.25) is 0 Å². The zero-order valence-electron chi connectivity index (χ0n) is 14.4. The Bertz CT molecular complexity index is 730. The van der Waals surface area contributed by atoms with Crippen molar-refractivity contribution in [1.82, 2.24) is 0 Å². The molecular weight excluding hydrogens is 280 g/mol. The molecule has 0 saturated carbocycles. The summed E-state index contributed by atoms with van der Waals surface area (Å²) in [6.07, 6.45) is 3.56. The van der Waals surface area contributed by atoms with E-state index >= 15 is 0 Å². The fourth-order valence-electron chi connectivity index (χ4n) is 3.37. The molecule has 3 rings (SSSR count). The molecule has 0 radical (unpaired) electrons. The molecule has 1 heteroatoms. The summed E-state index contributed by atoms with van der Waals surface area (Å²) in [6.45, 7) is 11.9. The maximum absolute atomic E-state index is 2.44. The van der Waals surface area contributed by atoms with Gasteiger partial charge in [-0.25, -0.2) is 0 Å². The van der Waals surface area contributed by atoms with E-state index in [-0.39, 0.29) is 0 Å². The van der Waals surface area contributed by atoms with Crippen LogP contribution in [0.25, 0.3) is 17.2 Å². The summed E-state index contributed by atoms with van der Waals surface area (Å²) in [7, 11) is -1.35. The first-order chi connectivity index (χ1) is 10.4. The average Bonchev–Trinajstić information content (AvgIpc) is 2.90. The molecule has 0 saturated heterocycles. The fourth-order valence-corrected chi connectivity index (χ4v) is 4.99. The van der Waals surface area contributed by atoms with Crippen LogP contribution in [0.5, 0.6) is 0 Å². The van der Waals surface area contributed by atoms with Gasteiger partial charge in [0.05, 0.1) is 8.07 Å². The van der Waals surface area contributed by atoms with Gasteiger partial charge in [0.15, 0.2) is 0 Å². The van der Waals surface area contributed by atoms with Crippen LogP contribution in [0.2, 0.25) is 19.6 Å². The van der Waals surface area contributed by atoms with Crippen molar-refractivity contribution in [2.45, 2.75) is 39.9 Å². The molecule has 0 unspecified atom stereocenters. The highest BCUT2D eigenvalue weighted by Gasteiger charge is 2.23. The van der Waals surface area contributed by atoms with Crippen LogP contribution in [0.3, 0.4) is 0 Å². The molecule has 0 heterocycles. The summed E-state index contributed by atoms with van der Waals surface area (Å²) in [6, 6.07) is 15.8. The Balaban J connectivity index is 2.19.